The first kappa shape index (κ1) is 18.5. The van der Waals surface area contributed by atoms with E-state index in [1.807, 2.05) is 4.90 Å². The summed E-state index contributed by atoms with van der Waals surface area (Å²) in [6.45, 7) is 2.56. The Morgan fingerprint density at radius 2 is 1.83 bits per heavy atom. The zero-order chi connectivity index (χ0) is 17.6. The first-order chi connectivity index (χ1) is 11.3. The lowest BCUT2D eigenvalue weighted by Crippen LogP contribution is -2.48. The Balaban J connectivity index is 1.95. The molecule has 2 rings (SSSR count). The Hall–Kier alpha value is -1.87. The minimum Gasteiger partial charge on any atom is -0.490 e. The molecule has 0 amide bonds. The van der Waals surface area contributed by atoms with Crippen LogP contribution in [0.4, 0.5) is 17.6 Å². The van der Waals surface area contributed by atoms with Gasteiger partial charge in [0.05, 0.1) is 0 Å². The fourth-order valence-corrected chi connectivity index (χ4v) is 2.24. The quantitative estimate of drug-likeness (QED) is 0.624. The van der Waals surface area contributed by atoms with Crippen molar-refractivity contribution in [2.24, 2.45) is 0 Å². The molecule has 9 heteroatoms. The van der Waals surface area contributed by atoms with Crippen molar-refractivity contribution >= 4 is 5.97 Å². The lowest BCUT2D eigenvalue weighted by molar-refractivity contribution is -0.206. The number of hydrogen-bond acceptors (Lipinski definition) is 5. The minimum absolute atomic E-state index is 0.130. The number of hydrogen-bond donors (Lipinski definition) is 1. The molecule has 1 aliphatic heterocycles. The molecule has 1 fully saturated rings. The maximum atomic E-state index is 12.8. The van der Waals surface area contributed by atoms with Gasteiger partial charge in [0.2, 0.25) is 0 Å². The summed E-state index contributed by atoms with van der Waals surface area (Å²) in [5.74, 6) is -2.42. The molecule has 1 aromatic carbocycles. The zero-order valence-corrected chi connectivity index (χ0v) is 12.8. The Morgan fingerprint density at radius 3 is 2.42 bits per heavy atom. The van der Waals surface area contributed by atoms with E-state index < -0.39 is 24.1 Å². The van der Waals surface area contributed by atoms with Crippen LogP contribution in [0.25, 0.3) is 0 Å². The van der Waals surface area contributed by atoms with Crippen LogP contribution in [0, 0.1) is 5.82 Å². The van der Waals surface area contributed by atoms with Gasteiger partial charge in [-0.2, -0.15) is 13.2 Å². The highest BCUT2D eigenvalue weighted by Gasteiger charge is 2.42. The van der Waals surface area contributed by atoms with E-state index in [9.17, 15) is 22.4 Å². The number of rotatable bonds is 6. The number of benzene rings is 1. The van der Waals surface area contributed by atoms with E-state index in [2.05, 4.69) is 10.1 Å². The van der Waals surface area contributed by atoms with Gasteiger partial charge in [-0.3, -0.25) is 4.90 Å². The summed E-state index contributed by atoms with van der Waals surface area (Å²) in [6.07, 6.45) is -6.14. The monoisotopic (exact) mass is 350 g/mol. The molecular weight excluding hydrogens is 332 g/mol. The van der Waals surface area contributed by atoms with Crippen LogP contribution >= 0.6 is 0 Å². The largest absolute Gasteiger partial charge is 0.490 e. The molecule has 1 unspecified atom stereocenters. The number of alkyl halides is 3. The van der Waals surface area contributed by atoms with E-state index in [4.69, 9.17) is 4.74 Å². The van der Waals surface area contributed by atoms with Gasteiger partial charge in [0, 0.05) is 32.7 Å². The fraction of sp³-hybridized carbons (Fsp3) is 0.533. The number of nitrogens with zero attached hydrogens (tertiary/aromatic N) is 1. The first-order valence-electron chi connectivity index (χ1n) is 7.44. The average Bonchev–Trinajstić information content (AvgIpc) is 2.54. The molecule has 0 saturated carbocycles. The zero-order valence-electron chi connectivity index (χ0n) is 12.8. The third-order valence-electron chi connectivity index (χ3n) is 3.43. The van der Waals surface area contributed by atoms with Gasteiger partial charge in [-0.25, -0.2) is 9.18 Å². The van der Waals surface area contributed by atoms with Crippen LogP contribution in [0.3, 0.4) is 0 Å². The molecule has 0 aliphatic carbocycles. The van der Waals surface area contributed by atoms with Gasteiger partial charge in [0.1, 0.15) is 24.3 Å². The molecule has 0 bridgehead atoms. The van der Waals surface area contributed by atoms with Gasteiger partial charge < -0.3 is 14.8 Å². The smallest absolute Gasteiger partial charge is 0.490 e. The van der Waals surface area contributed by atoms with Gasteiger partial charge in [-0.05, 0) is 24.3 Å². The number of carbonyl (C=O) groups excluding carboxylic acids is 1. The maximum Gasteiger partial charge on any atom is 0.490 e. The molecule has 1 atom stereocenters. The number of esters is 1. The van der Waals surface area contributed by atoms with E-state index in [-0.39, 0.29) is 18.9 Å². The molecule has 1 saturated heterocycles. The normalized spacial score (nSPS) is 17.3. The summed E-state index contributed by atoms with van der Waals surface area (Å²) in [7, 11) is 0. The molecule has 1 aromatic rings. The molecule has 24 heavy (non-hydrogen) atoms. The van der Waals surface area contributed by atoms with Crippen molar-refractivity contribution in [3.63, 3.8) is 0 Å². The molecular formula is C15H18F4N2O3. The summed E-state index contributed by atoms with van der Waals surface area (Å²) in [6, 6.07) is 5.04. The van der Waals surface area contributed by atoms with Gasteiger partial charge in [0.25, 0.3) is 0 Å². The number of ether oxygens (including phenoxy) is 2. The van der Waals surface area contributed by atoms with Crippen molar-refractivity contribution in [2.75, 3.05) is 39.3 Å². The summed E-state index contributed by atoms with van der Waals surface area (Å²) < 4.78 is 59.9. The lowest BCUT2D eigenvalue weighted by atomic mass is 10.3. The average molecular weight is 350 g/mol. The van der Waals surface area contributed by atoms with Crippen LogP contribution in [0.5, 0.6) is 5.75 Å². The molecule has 0 radical (unpaired) electrons. The summed E-state index contributed by atoms with van der Waals surface area (Å²) in [5, 5.41) is 3.12. The van der Waals surface area contributed by atoms with Crippen LogP contribution in [-0.2, 0) is 9.53 Å². The van der Waals surface area contributed by atoms with E-state index >= 15 is 0 Å². The van der Waals surface area contributed by atoms with Crippen molar-refractivity contribution in [1.82, 2.24) is 10.2 Å². The maximum absolute atomic E-state index is 12.8. The predicted octanol–water partition coefficient (Wildman–Crippen LogP) is 1.58. The SMILES string of the molecule is O=C(OC(COc1ccc(F)cc1)CN1CCNCC1)C(F)(F)F. The number of halogens is 4. The van der Waals surface area contributed by atoms with Crippen molar-refractivity contribution < 1.29 is 31.8 Å². The highest BCUT2D eigenvalue weighted by atomic mass is 19.4. The summed E-state index contributed by atoms with van der Waals surface area (Å²) in [5.41, 5.74) is 0. The highest BCUT2D eigenvalue weighted by molar-refractivity contribution is 5.75. The van der Waals surface area contributed by atoms with Crippen molar-refractivity contribution in [2.45, 2.75) is 12.3 Å². The highest BCUT2D eigenvalue weighted by Crippen LogP contribution is 2.19. The predicted molar refractivity (Wildman–Crippen MR) is 77.1 cm³/mol. The number of nitrogens with one attached hydrogen (secondary N) is 1. The van der Waals surface area contributed by atoms with Crippen LogP contribution in [0.2, 0.25) is 0 Å². The Bertz CT molecular complexity index is 531. The van der Waals surface area contributed by atoms with E-state index in [1.165, 1.54) is 24.3 Å². The molecule has 1 N–H and O–H groups in total. The van der Waals surface area contributed by atoms with Crippen LogP contribution in [0.1, 0.15) is 0 Å². The Morgan fingerprint density at radius 1 is 1.21 bits per heavy atom. The lowest BCUT2D eigenvalue weighted by Gasteiger charge is -2.30. The van der Waals surface area contributed by atoms with Crippen LogP contribution in [-0.4, -0.2) is 62.5 Å². The third-order valence-corrected chi connectivity index (χ3v) is 3.43. The van der Waals surface area contributed by atoms with E-state index in [1.54, 1.807) is 0 Å². The molecule has 1 heterocycles. The van der Waals surface area contributed by atoms with Crippen molar-refractivity contribution in [3.05, 3.63) is 30.1 Å². The molecule has 5 nitrogen and oxygen atoms in total. The molecule has 0 aromatic heterocycles. The molecule has 134 valence electrons. The number of carbonyl (C=O) groups is 1. The van der Waals surface area contributed by atoms with Crippen molar-refractivity contribution in [1.29, 1.82) is 0 Å². The second kappa shape index (κ2) is 8.29. The van der Waals surface area contributed by atoms with Gasteiger partial charge >= 0.3 is 12.1 Å². The summed E-state index contributed by atoms with van der Waals surface area (Å²) in [4.78, 5) is 13.0. The summed E-state index contributed by atoms with van der Waals surface area (Å²) >= 11 is 0. The van der Waals surface area contributed by atoms with Crippen LogP contribution in [0.15, 0.2) is 24.3 Å². The Kier molecular flexibility index (Phi) is 6.38. The Labute approximate surface area is 136 Å². The second-order valence-electron chi connectivity index (χ2n) is 5.34. The van der Waals surface area contributed by atoms with Gasteiger partial charge in [-0.1, -0.05) is 0 Å². The third kappa shape index (κ3) is 5.97. The van der Waals surface area contributed by atoms with Crippen LogP contribution < -0.4 is 10.1 Å². The van der Waals surface area contributed by atoms with E-state index in [0.717, 1.165) is 0 Å². The molecule has 0 spiro atoms. The fourth-order valence-electron chi connectivity index (χ4n) is 2.24. The van der Waals surface area contributed by atoms with Crippen molar-refractivity contribution in [3.8, 4) is 5.75 Å². The first-order valence-corrected chi connectivity index (χ1v) is 7.44. The topological polar surface area (TPSA) is 50.8 Å². The minimum atomic E-state index is -5.06. The second-order valence-corrected chi connectivity index (χ2v) is 5.34. The van der Waals surface area contributed by atoms with Gasteiger partial charge in [0.15, 0.2) is 0 Å². The number of piperazine rings is 1. The van der Waals surface area contributed by atoms with Gasteiger partial charge in [-0.15, -0.1) is 0 Å². The molecule has 1 aliphatic rings. The standard InChI is InChI=1S/C15H18F4N2O3/c16-11-1-3-12(4-2-11)23-10-13(24-14(22)15(17,18)19)9-21-7-5-20-6-8-21/h1-4,13,20H,5-10H2. The van der Waals surface area contributed by atoms with E-state index in [0.29, 0.717) is 26.2 Å².